The zero-order valence-electron chi connectivity index (χ0n) is 8.53. The van der Waals surface area contributed by atoms with Gasteiger partial charge in [0, 0.05) is 6.54 Å². The van der Waals surface area contributed by atoms with Crippen molar-refractivity contribution in [1.29, 1.82) is 5.26 Å². The Labute approximate surface area is 89.0 Å². The maximum absolute atomic E-state index is 11.4. The zero-order chi connectivity index (χ0) is 11.1. The van der Waals surface area contributed by atoms with Crippen molar-refractivity contribution in [2.75, 3.05) is 6.54 Å². The fraction of sp³-hybridized carbons (Fsp3) is 0.167. The molecule has 0 unspecified atom stereocenters. The van der Waals surface area contributed by atoms with E-state index in [9.17, 15) is 4.79 Å². The van der Waals surface area contributed by atoms with E-state index < -0.39 is 0 Å². The first-order valence-corrected chi connectivity index (χ1v) is 4.73. The van der Waals surface area contributed by atoms with Crippen molar-refractivity contribution in [3.05, 3.63) is 41.5 Å². The van der Waals surface area contributed by atoms with E-state index in [1.807, 2.05) is 43.3 Å². The molecule has 1 N–H and O–H groups in total. The van der Waals surface area contributed by atoms with Crippen molar-refractivity contribution in [1.82, 2.24) is 5.32 Å². The lowest BCUT2D eigenvalue weighted by Gasteiger charge is -1.99. The Morgan fingerprint density at radius 1 is 1.47 bits per heavy atom. The predicted octanol–water partition coefficient (Wildman–Crippen LogP) is 1.73. The highest BCUT2D eigenvalue weighted by molar-refractivity contribution is 6.01. The molecule has 1 aromatic carbocycles. The molecule has 0 saturated heterocycles. The fourth-order valence-corrected chi connectivity index (χ4v) is 1.12. The van der Waals surface area contributed by atoms with Crippen molar-refractivity contribution < 1.29 is 4.79 Å². The van der Waals surface area contributed by atoms with Crippen LogP contribution in [0.15, 0.2) is 35.9 Å². The SMILES string of the molecule is CCNC(=O)/C(C#N)=C/c1ccccc1. The molecule has 3 nitrogen and oxygen atoms in total. The Bertz CT molecular complexity index is 401. The molecule has 0 aliphatic heterocycles. The summed E-state index contributed by atoms with van der Waals surface area (Å²) in [7, 11) is 0. The van der Waals surface area contributed by atoms with E-state index in [-0.39, 0.29) is 11.5 Å². The number of likely N-dealkylation sites (N-methyl/N-ethyl adjacent to an activating group) is 1. The molecule has 0 bridgehead atoms. The van der Waals surface area contributed by atoms with Crippen LogP contribution in [0.1, 0.15) is 12.5 Å². The summed E-state index contributed by atoms with van der Waals surface area (Å²) in [6, 6.07) is 11.2. The van der Waals surface area contributed by atoms with Crippen molar-refractivity contribution >= 4 is 12.0 Å². The number of hydrogen-bond donors (Lipinski definition) is 1. The fourth-order valence-electron chi connectivity index (χ4n) is 1.12. The average Bonchev–Trinajstić information content (AvgIpc) is 2.27. The third kappa shape index (κ3) is 3.28. The van der Waals surface area contributed by atoms with Gasteiger partial charge in [0.15, 0.2) is 0 Å². The first-order chi connectivity index (χ1) is 7.27. The van der Waals surface area contributed by atoms with Crippen molar-refractivity contribution in [2.24, 2.45) is 0 Å². The van der Waals surface area contributed by atoms with Crippen LogP contribution in [0.25, 0.3) is 6.08 Å². The Hall–Kier alpha value is -2.08. The first kappa shape index (κ1) is 11.0. The van der Waals surface area contributed by atoms with Gasteiger partial charge in [0.05, 0.1) is 0 Å². The van der Waals surface area contributed by atoms with E-state index in [1.54, 1.807) is 6.08 Å². The molecule has 1 rings (SSSR count). The van der Waals surface area contributed by atoms with Crippen LogP contribution in [-0.2, 0) is 4.79 Å². The van der Waals surface area contributed by atoms with Crippen LogP contribution >= 0.6 is 0 Å². The lowest BCUT2D eigenvalue weighted by Crippen LogP contribution is -2.23. The molecular weight excluding hydrogens is 188 g/mol. The molecule has 0 saturated carbocycles. The average molecular weight is 200 g/mol. The predicted molar refractivity (Wildman–Crippen MR) is 58.7 cm³/mol. The van der Waals surface area contributed by atoms with Crippen molar-refractivity contribution in [3.63, 3.8) is 0 Å². The molecule has 0 aromatic heterocycles. The molecule has 15 heavy (non-hydrogen) atoms. The minimum absolute atomic E-state index is 0.128. The lowest BCUT2D eigenvalue weighted by atomic mass is 10.1. The van der Waals surface area contributed by atoms with Gasteiger partial charge in [-0.2, -0.15) is 5.26 Å². The smallest absolute Gasteiger partial charge is 0.261 e. The minimum atomic E-state index is -0.330. The zero-order valence-corrected chi connectivity index (χ0v) is 8.53. The number of benzene rings is 1. The number of hydrogen-bond acceptors (Lipinski definition) is 2. The van der Waals surface area contributed by atoms with Gasteiger partial charge in [-0.3, -0.25) is 4.79 Å². The van der Waals surface area contributed by atoms with Crippen LogP contribution in [0.4, 0.5) is 0 Å². The molecule has 0 aliphatic carbocycles. The summed E-state index contributed by atoms with van der Waals surface area (Å²) in [6.45, 7) is 2.34. The number of carbonyl (C=O) groups excluding carboxylic acids is 1. The highest BCUT2D eigenvalue weighted by Crippen LogP contribution is 2.05. The van der Waals surface area contributed by atoms with Crippen LogP contribution in [0, 0.1) is 11.3 Å². The number of carbonyl (C=O) groups is 1. The summed E-state index contributed by atoms with van der Waals surface area (Å²) in [4.78, 5) is 11.4. The van der Waals surface area contributed by atoms with E-state index >= 15 is 0 Å². The number of nitrogens with one attached hydrogen (secondary N) is 1. The lowest BCUT2D eigenvalue weighted by molar-refractivity contribution is -0.116. The molecule has 0 aliphatic rings. The summed E-state index contributed by atoms with van der Waals surface area (Å²) in [6.07, 6.45) is 1.57. The second-order valence-corrected chi connectivity index (χ2v) is 2.94. The molecule has 1 amide bonds. The van der Waals surface area contributed by atoms with Gasteiger partial charge >= 0.3 is 0 Å². The minimum Gasteiger partial charge on any atom is -0.352 e. The molecule has 0 atom stereocenters. The van der Waals surface area contributed by atoms with Gasteiger partial charge in [0.25, 0.3) is 5.91 Å². The maximum Gasteiger partial charge on any atom is 0.261 e. The van der Waals surface area contributed by atoms with Gasteiger partial charge < -0.3 is 5.32 Å². The highest BCUT2D eigenvalue weighted by atomic mass is 16.1. The molecule has 0 radical (unpaired) electrons. The first-order valence-electron chi connectivity index (χ1n) is 4.73. The van der Waals surface area contributed by atoms with Gasteiger partial charge in [-0.25, -0.2) is 0 Å². The second kappa shape index (κ2) is 5.61. The summed E-state index contributed by atoms with van der Waals surface area (Å²) in [5.41, 5.74) is 0.975. The topological polar surface area (TPSA) is 52.9 Å². The molecule has 3 heteroatoms. The summed E-state index contributed by atoms with van der Waals surface area (Å²) in [5, 5.41) is 11.4. The quantitative estimate of drug-likeness (QED) is 0.596. The highest BCUT2D eigenvalue weighted by Gasteiger charge is 2.06. The Balaban J connectivity index is 2.89. The molecule has 76 valence electrons. The van der Waals surface area contributed by atoms with Gasteiger partial charge in [-0.15, -0.1) is 0 Å². The summed E-state index contributed by atoms with van der Waals surface area (Å²) in [5.74, 6) is -0.330. The summed E-state index contributed by atoms with van der Waals surface area (Å²) >= 11 is 0. The third-order valence-corrected chi connectivity index (χ3v) is 1.81. The third-order valence-electron chi connectivity index (χ3n) is 1.81. The van der Waals surface area contributed by atoms with Gasteiger partial charge in [0.2, 0.25) is 0 Å². The Morgan fingerprint density at radius 3 is 2.67 bits per heavy atom. The molecule has 1 aromatic rings. The van der Waals surface area contributed by atoms with Crippen LogP contribution in [0.2, 0.25) is 0 Å². The van der Waals surface area contributed by atoms with Crippen LogP contribution < -0.4 is 5.32 Å². The standard InChI is InChI=1S/C12H12N2O/c1-2-14-12(15)11(9-13)8-10-6-4-3-5-7-10/h3-8H,2H2,1H3,(H,14,15)/b11-8+. The Morgan fingerprint density at radius 2 is 2.13 bits per heavy atom. The van der Waals surface area contributed by atoms with Gasteiger partial charge in [-0.1, -0.05) is 30.3 Å². The number of nitriles is 1. The number of nitrogens with zero attached hydrogens (tertiary/aromatic N) is 1. The van der Waals surface area contributed by atoms with Gasteiger partial charge in [0.1, 0.15) is 11.6 Å². The van der Waals surface area contributed by atoms with E-state index in [0.29, 0.717) is 6.54 Å². The normalized spacial score (nSPS) is 10.5. The van der Waals surface area contributed by atoms with E-state index in [0.717, 1.165) is 5.56 Å². The Kier molecular flexibility index (Phi) is 4.11. The van der Waals surface area contributed by atoms with Crippen LogP contribution in [-0.4, -0.2) is 12.5 Å². The van der Waals surface area contributed by atoms with Crippen molar-refractivity contribution in [2.45, 2.75) is 6.92 Å². The monoisotopic (exact) mass is 200 g/mol. The van der Waals surface area contributed by atoms with E-state index in [1.165, 1.54) is 0 Å². The number of amides is 1. The van der Waals surface area contributed by atoms with Gasteiger partial charge in [-0.05, 0) is 18.6 Å². The maximum atomic E-state index is 11.4. The second-order valence-electron chi connectivity index (χ2n) is 2.94. The molecule has 0 fully saturated rings. The van der Waals surface area contributed by atoms with Crippen LogP contribution in [0.3, 0.4) is 0 Å². The van der Waals surface area contributed by atoms with Crippen LogP contribution in [0.5, 0.6) is 0 Å². The molecule has 0 spiro atoms. The van der Waals surface area contributed by atoms with E-state index in [4.69, 9.17) is 5.26 Å². The van der Waals surface area contributed by atoms with E-state index in [2.05, 4.69) is 5.32 Å². The molecule has 0 heterocycles. The van der Waals surface area contributed by atoms with Crippen molar-refractivity contribution in [3.8, 4) is 6.07 Å². The largest absolute Gasteiger partial charge is 0.352 e. The molecular formula is C12H12N2O. The number of rotatable bonds is 3. The summed E-state index contributed by atoms with van der Waals surface area (Å²) < 4.78 is 0.